The molecule has 1 atom stereocenters. The van der Waals surface area contributed by atoms with Crippen LogP contribution in [0.15, 0.2) is 12.7 Å². The molecule has 1 unspecified atom stereocenters. The molecule has 3 heteroatoms. The van der Waals surface area contributed by atoms with E-state index in [1.54, 1.807) is 0 Å². The van der Waals surface area contributed by atoms with Crippen LogP contribution in [0.4, 0.5) is 0 Å². The molecule has 2 N–H and O–H groups in total. The van der Waals surface area contributed by atoms with E-state index in [-0.39, 0.29) is 0 Å². The molecule has 76 valence electrons. The Morgan fingerprint density at radius 3 is 3.23 bits per heavy atom. The van der Waals surface area contributed by atoms with E-state index in [0.29, 0.717) is 6.04 Å². The summed E-state index contributed by atoms with van der Waals surface area (Å²) in [5.74, 6) is 0. The highest BCUT2D eigenvalue weighted by molar-refractivity contribution is 4.78. The van der Waals surface area contributed by atoms with E-state index in [1.165, 1.54) is 13.0 Å². The Balaban J connectivity index is 2.08. The van der Waals surface area contributed by atoms with Gasteiger partial charge in [0.15, 0.2) is 0 Å². The van der Waals surface area contributed by atoms with Crippen molar-refractivity contribution in [3.05, 3.63) is 12.7 Å². The normalized spacial score (nSPS) is 24.5. The van der Waals surface area contributed by atoms with E-state index in [9.17, 15) is 0 Å². The molecule has 0 bridgehead atoms. The van der Waals surface area contributed by atoms with Gasteiger partial charge < -0.3 is 15.5 Å². The number of likely N-dealkylation sites (N-methyl/N-ethyl adjacent to an activating group) is 1. The van der Waals surface area contributed by atoms with Crippen LogP contribution in [0.3, 0.4) is 0 Å². The summed E-state index contributed by atoms with van der Waals surface area (Å²) >= 11 is 0. The molecule has 1 heterocycles. The summed E-state index contributed by atoms with van der Waals surface area (Å²) in [5, 5.41) is 6.75. The third kappa shape index (κ3) is 3.89. The fraction of sp³-hybridized carbons (Fsp3) is 0.800. The van der Waals surface area contributed by atoms with E-state index in [2.05, 4.69) is 29.2 Å². The monoisotopic (exact) mass is 183 g/mol. The fourth-order valence-electron chi connectivity index (χ4n) is 1.66. The maximum atomic E-state index is 3.67. The molecule has 0 aliphatic carbocycles. The Hall–Kier alpha value is -0.380. The van der Waals surface area contributed by atoms with Crippen molar-refractivity contribution >= 4 is 0 Å². The summed E-state index contributed by atoms with van der Waals surface area (Å²) in [5.41, 5.74) is 0. The fourth-order valence-corrected chi connectivity index (χ4v) is 1.66. The molecule has 1 rings (SSSR count). The summed E-state index contributed by atoms with van der Waals surface area (Å²) < 4.78 is 0. The van der Waals surface area contributed by atoms with Gasteiger partial charge in [-0.15, -0.1) is 6.58 Å². The van der Waals surface area contributed by atoms with Gasteiger partial charge in [-0.1, -0.05) is 6.08 Å². The van der Waals surface area contributed by atoms with E-state index >= 15 is 0 Å². The second-order valence-corrected chi connectivity index (χ2v) is 3.62. The van der Waals surface area contributed by atoms with Gasteiger partial charge in [-0.3, -0.25) is 0 Å². The van der Waals surface area contributed by atoms with E-state index < -0.39 is 0 Å². The smallest absolute Gasteiger partial charge is 0.0230 e. The quantitative estimate of drug-likeness (QED) is 0.466. The lowest BCUT2D eigenvalue weighted by molar-refractivity contribution is 0.190. The van der Waals surface area contributed by atoms with Crippen molar-refractivity contribution in [1.82, 2.24) is 15.5 Å². The van der Waals surface area contributed by atoms with Gasteiger partial charge in [0.1, 0.15) is 0 Å². The summed E-state index contributed by atoms with van der Waals surface area (Å²) in [6.07, 6.45) is 3.13. The van der Waals surface area contributed by atoms with Crippen LogP contribution in [-0.2, 0) is 0 Å². The lowest BCUT2D eigenvalue weighted by Gasteiger charge is -2.33. The van der Waals surface area contributed by atoms with Crippen molar-refractivity contribution in [2.45, 2.75) is 12.5 Å². The van der Waals surface area contributed by atoms with Crippen LogP contribution in [0.2, 0.25) is 0 Å². The van der Waals surface area contributed by atoms with Gasteiger partial charge in [0, 0.05) is 32.2 Å². The number of rotatable bonds is 5. The molecule has 0 spiro atoms. The molecule has 13 heavy (non-hydrogen) atoms. The number of hydrogen-bond acceptors (Lipinski definition) is 3. The summed E-state index contributed by atoms with van der Waals surface area (Å²) in [4.78, 5) is 2.44. The Labute approximate surface area is 81.2 Å². The molecular formula is C10H21N3. The third-order valence-corrected chi connectivity index (χ3v) is 2.59. The molecule has 0 aromatic heterocycles. The second kappa shape index (κ2) is 6.13. The van der Waals surface area contributed by atoms with Crippen LogP contribution in [0.5, 0.6) is 0 Å². The second-order valence-electron chi connectivity index (χ2n) is 3.62. The highest BCUT2D eigenvalue weighted by Gasteiger charge is 2.17. The van der Waals surface area contributed by atoms with Gasteiger partial charge in [-0.05, 0) is 20.0 Å². The maximum Gasteiger partial charge on any atom is 0.0230 e. The van der Waals surface area contributed by atoms with Crippen molar-refractivity contribution in [2.24, 2.45) is 0 Å². The number of nitrogens with zero attached hydrogens (tertiary/aromatic N) is 1. The molecule has 0 amide bonds. The molecule has 1 saturated heterocycles. The molecule has 1 aliphatic rings. The Bertz CT molecular complexity index is 147. The van der Waals surface area contributed by atoms with Crippen LogP contribution in [-0.4, -0.2) is 50.7 Å². The van der Waals surface area contributed by atoms with Crippen LogP contribution in [0.1, 0.15) is 6.42 Å². The molecule has 0 saturated carbocycles. The van der Waals surface area contributed by atoms with E-state index in [4.69, 9.17) is 0 Å². The van der Waals surface area contributed by atoms with Crippen LogP contribution in [0, 0.1) is 0 Å². The molecule has 0 radical (unpaired) electrons. The van der Waals surface area contributed by atoms with Gasteiger partial charge in [0.25, 0.3) is 0 Å². The Morgan fingerprint density at radius 2 is 2.54 bits per heavy atom. The Morgan fingerprint density at radius 1 is 1.69 bits per heavy atom. The third-order valence-electron chi connectivity index (χ3n) is 2.59. The van der Waals surface area contributed by atoms with Gasteiger partial charge in [0.05, 0.1) is 0 Å². The highest BCUT2D eigenvalue weighted by atomic mass is 15.2. The zero-order chi connectivity index (χ0) is 9.52. The first-order chi connectivity index (χ1) is 6.34. The maximum absolute atomic E-state index is 3.67. The minimum Gasteiger partial charge on any atom is -0.314 e. The number of piperazine rings is 1. The average Bonchev–Trinajstić information content (AvgIpc) is 2.15. The lowest BCUT2D eigenvalue weighted by Crippen LogP contribution is -2.50. The first-order valence-corrected chi connectivity index (χ1v) is 5.07. The summed E-state index contributed by atoms with van der Waals surface area (Å²) in [7, 11) is 2.21. The topological polar surface area (TPSA) is 27.3 Å². The predicted molar refractivity (Wildman–Crippen MR) is 57.0 cm³/mol. The Kier molecular flexibility index (Phi) is 5.05. The SMILES string of the molecule is C=CCNCCC1CNCCN1C. The molecule has 0 aromatic carbocycles. The predicted octanol–water partition coefficient (Wildman–Crippen LogP) is 0.0557. The summed E-state index contributed by atoms with van der Waals surface area (Å²) in [6, 6.07) is 0.700. The lowest BCUT2D eigenvalue weighted by atomic mass is 10.1. The van der Waals surface area contributed by atoms with Crippen LogP contribution >= 0.6 is 0 Å². The van der Waals surface area contributed by atoms with Gasteiger partial charge >= 0.3 is 0 Å². The van der Waals surface area contributed by atoms with Crippen LogP contribution < -0.4 is 10.6 Å². The van der Waals surface area contributed by atoms with Crippen molar-refractivity contribution < 1.29 is 0 Å². The standard InChI is InChI=1S/C10H21N3/c1-3-5-11-6-4-10-9-12-7-8-13(10)2/h3,10-12H,1,4-9H2,2H3. The van der Waals surface area contributed by atoms with E-state index in [1.807, 2.05) is 6.08 Å². The molecule has 1 fully saturated rings. The van der Waals surface area contributed by atoms with Crippen molar-refractivity contribution in [2.75, 3.05) is 39.8 Å². The van der Waals surface area contributed by atoms with Gasteiger partial charge in [-0.2, -0.15) is 0 Å². The van der Waals surface area contributed by atoms with Crippen molar-refractivity contribution in [1.29, 1.82) is 0 Å². The number of hydrogen-bond donors (Lipinski definition) is 2. The molecule has 3 nitrogen and oxygen atoms in total. The largest absolute Gasteiger partial charge is 0.314 e. The molecular weight excluding hydrogens is 162 g/mol. The molecule has 1 aliphatic heterocycles. The van der Waals surface area contributed by atoms with Crippen molar-refractivity contribution in [3.63, 3.8) is 0 Å². The first kappa shape index (κ1) is 10.7. The zero-order valence-electron chi connectivity index (χ0n) is 8.55. The van der Waals surface area contributed by atoms with E-state index in [0.717, 1.165) is 26.2 Å². The zero-order valence-corrected chi connectivity index (χ0v) is 8.55. The first-order valence-electron chi connectivity index (χ1n) is 5.07. The van der Waals surface area contributed by atoms with Crippen molar-refractivity contribution in [3.8, 4) is 0 Å². The van der Waals surface area contributed by atoms with Crippen LogP contribution in [0.25, 0.3) is 0 Å². The summed E-state index contributed by atoms with van der Waals surface area (Å²) in [6.45, 7) is 9.12. The van der Waals surface area contributed by atoms with Gasteiger partial charge in [-0.25, -0.2) is 0 Å². The number of nitrogens with one attached hydrogen (secondary N) is 2. The average molecular weight is 183 g/mol. The molecule has 0 aromatic rings. The van der Waals surface area contributed by atoms with Gasteiger partial charge in [0.2, 0.25) is 0 Å². The highest BCUT2D eigenvalue weighted by Crippen LogP contribution is 2.02. The minimum atomic E-state index is 0.700. The minimum absolute atomic E-state index is 0.700.